The van der Waals surface area contributed by atoms with Gasteiger partial charge in [0.1, 0.15) is 17.1 Å². The predicted molar refractivity (Wildman–Crippen MR) is 96.3 cm³/mol. The van der Waals surface area contributed by atoms with Crippen molar-refractivity contribution < 1.29 is 32.2 Å². The zero-order chi connectivity index (χ0) is 20.0. The van der Waals surface area contributed by atoms with Gasteiger partial charge in [-0.25, -0.2) is 18.4 Å². The molecule has 0 aliphatic heterocycles. The van der Waals surface area contributed by atoms with Gasteiger partial charge in [-0.15, -0.1) is 0 Å². The number of sulfonamides is 1. The van der Waals surface area contributed by atoms with Crippen molar-refractivity contribution in [1.82, 2.24) is 0 Å². The van der Waals surface area contributed by atoms with Gasteiger partial charge in [-0.3, -0.25) is 4.79 Å². The first-order valence-corrected chi connectivity index (χ1v) is 9.11. The third-order valence-electron chi connectivity index (χ3n) is 3.43. The van der Waals surface area contributed by atoms with E-state index in [2.05, 4.69) is 5.32 Å². The lowest BCUT2D eigenvalue weighted by Gasteiger charge is -2.11. The van der Waals surface area contributed by atoms with Crippen LogP contribution in [-0.2, 0) is 19.6 Å². The van der Waals surface area contributed by atoms with Crippen molar-refractivity contribution in [1.29, 1.82) is 0 Å². The van der Waals surface area contributed by atoms with Gasteiger partial charge in [0.05, 0.1) is 24.8 Å². The summed E-state index contributed by atoms with van der Waals surface area (Å²) in [5.74, 6) is -1.01. The zero-order valence-corrected chi connectivity index (χ0v) is 15.4. The molecule has 1 amide bonds. The van der Waals surface area contributed by atoms with Crippen LogP contribution >= 0.6 is 0 Å². The highest BCUT2D eigenvalue weighted by Gasteiger charge is 2.19. The number of carbonyl (C=O) groups excluding carboxylic acids is 2. The smallest absolute Gasteiger partial charge is 0.342 e. The van der Waals surface area contributed by atoms with Crippen LogP contribution in [0, 0.1) is 0 Å². The summed E-state index contributed by atoms with van der Waals surface area (Å²) in [6.45, 7) is -0.598. The first kappa shape index (κ1) is 20.2. The molecule has 0 unspecified atom stereocenters. The molecule has 10 heteroatoms. The molecule has 0 fully saturated rings. The van der Waals surface area contributed by atoms with Crippen molar-refractivity contribution in [2.75, 3.05) is 26.1 Å². The van der Waals surface area contributed by atoms with Gasteiger partial charge < -0.3 is 19.5 Å². The Hall–Kier alpha value is -3.11. The highest BCUT2D eigenvalue weighted by molar-refractivity contribution is 7.89. The number of rotatable bonds is 7. The molecular formula is C17H18N2O7S. The molecule has 3 N–H and O–H groups in total. The van der Waals surface area contributed by atoms with Crippen LogP contribution in [0.25, 0.3) is 0 Å². The average Bonchev–Trinajstić information content (AvgIpc) is 2.65. The fourth-order valence-electron chi connectivity index (χ4n) is 2.17. The Bertz CT molecular complexity index is 958. The van der Waals surface area contributed by atoms with Crippen LogP contribution in [0.2, 0.25) is 0 Å². The van der Waals surface area contributed by atoms with Gasteiger partial charge in [0.25, 0.3) is 5.91 Å². The maximum atomic E-state index is 12.2. The van der Waals surface area contributed by atoms with Crippen LogP contribution in [0.3, 0.4) is 0 Å². The molecule has 0 atom stereocenters. The van der Waals surface area contributed by atoms with Gasteiger partial charge in [0.2, 0.25) is 10.0 Å². The van der Waals surface area contributed by atoms with Crippen LogP contribution in [0.15, 0.2) is 47.4 Å². The lowest BCUT2D eigenvalue weighted by atomic mass is 10.2. The highest BCUT2D eigenvalue weighted by Crippen LogP contribution is 2.24. The Morgan fingerprint density at radius 3 is 2.33 bits per heavy atom. The highest BCUT2D eigenvalue weighted by atomic mass is 32.2. The second-order valence-electron chi connectivity index (χ2n) is 5.23. The molecule has 27 heavy (non-hydrogen) atoms. The SMILES string of the molecule is COc1ccccc1NC(=O)COC(=O)c1cc(S(N)(=O)=O)ccc1OC. The molecule has 0 heterocycles. The normalized spacial score (nSPS) is 10.8. The number of esters is 1. The lowest BCUT2D eigenvalue weighted by molar-refractivity contribution is -0.119. The molecular weight excluding hydrogens is 376 g/mol. The summed E-state index contributed by atoms with van der Waals surface area (Å²) in [6, 6.07) is 10.2. The number of hydrogen-bond donors (Lipinski definition) is 2. The summed E-state index contributed by atoms with van der Waals surface area (Å²) in [5.41, 5.74) is 0.240. The van der Waals surface area contributed by atoms with Crippen molar-refractivity contribution in [2.45, 2.75) is 4.90 Å². The summed E-state index contributed by atoms with van der Waals surface area (Å²) in [7, 11) is -1.26. The summed E-state index contributed by atoms with van der Waals surface area (Å²) in [4.78, 5) is 24.0. The fourth-order valence-corrected chi connectivity index (χ4v) is 2.71. The number of methoxy groups -OCH3 is 2. The molecule has 9 nitrogen and oxygen atoms in total. The maximum absolute atomic E-state index is 12.2. The van der Waals surface area contributed by atoms with E-state index in [9.17, 15) is 18.0 Å². The zero-order valence-electron chi connectivity index (χ0n) is 14.6. The molecule has 0 spiro atoms. The molecule has 0 saturated carbocycles. The monoisotopic (exact) mass is 394 g/mol. The summed E-state index contributed by atoms with van der Waals surface area (Å²) in [5, 5.41) is 7.60. The Morgan fingerprint density at radius 2 is 1.70 bits per heavy atom. The van der Waals surface area contributed by atoms with E-state index in [-0.39, 0.29) is 16.2 Å². The molecule has 0 bridgehead atoms. The number of nitrogens with two attached hydrogens (primary N) is 1. The average molecular weight is 394 g/mol. The van der Waals surface area contributed by atoms with E-state index < -0.39 is 28.5 Å². The van der Waals surface area contributed by atoms with Crippen LogP contribution in [0.4, 0.5) is 5.69 Å². The first-order valence-electron chi connectivity index (χ1n) is 7.57. The Kier molecular flexibility index (Phi) is 6.37. The molecule has 144 valence electrons. The number of amides is 1. The molecule has 0 aliphatic carbocycles. The number of benzene rings is 2. The third-order valence-corrected chi connectivity index (χ3v) is 4.35. The van der Waals surface area contributed by atoms with Gasteiger partial charge >= 0.3 is 5.97 Å². The largest absolute Gasteiger partial charge is 0.496 e. The van der Waals surface area contributed by atoms with Crippen molar-refractivity contribution >= 4 is 27.6 Å². The van der Waals surface area contributed by atoms with Gasteiger partial charge in [-0.05, 0) is 30.3 Å². The van der Waals surface area contributed by atoms with Crippen molar-refractivity contribution in [3.63, 3.8) is 0 Å². The number of primary sulfonamides is 1. The Morgan fingerprint density at radius 1 is 1.04 bits per heavy atom. The first-order chi connectivity index (χ1) is 12.8. The molecule has 2 rings (SSSR count). The lowest BCUT2D eigenvalue weighted by Crippen LogP contribution is -2.22. The fraction of sp³-hybridized carbons (Fsp3) is 0.176. The Balaban J connectivity index is 2.10. The molecule has 0 aromatic heterocycles. The van der Waals surface area contributed by atoms with E-state index in [0.29, 0.717) is 11.4 Å². The summed E-state index contributed by atoms with van der Waals surface area (Å²) < 4.78 is 38.0. The minimum atomic E-state index is -4.02. The number of para-hydroxylation sites is 2. The minimum Gasteiger partial charge on any atom is -0.496 e. The van der Waals surface area contributed by atoms with Crippen LogP contribution in [-0.4, -0.2) is 41.1 Å². The van der Waals surface area contributed by atoms with Crippen molar-refractivity contribution in [2.24, 2.45) is 5.14 Å². The van der Waals surface area contributed by atoms with E-state index in [4.69, 9.17) is 19.3 Å². The van der Waals surface area contributed by atoms with E-state index in [1.54, 1.807) is 24.3 Å². The molecule has 0 saturated heterocycles. The number of nitrogens with one attached hydrogen (secondary N) is 1. The van der Waals surface area contributed by atoms with Gasteiger partial charge in [0, 0.05) is 0 Å². The Labute approximate surface area is 156 Å². The topological polar surface area (TPSA) is 134 Å². The number of ether oxygens (including phenoxy) is 3. The maximum Gasteiger partial charge on any atom is 0.342 e. The van der Waals surface area contributed by atoms with Gasteiger partial charge in [-0.2, -0.15) is 0 Å². The third kappa shape index (κ3) is 5.19. The van der Waals surface area contributed by atoms with Crippen molar-refractivity contribution in [3.8, 4) is 11.5 Å². The van der Waals surface area contributed by atoms with Gasteiger partial charge in [-0.1, -0.05) is 12.1 Å². The van der Waals surface area contributed by atoms with E-state index in [0.717, 1.165) is 6.07 Å². The van der Waals surface area contributed by atoms with Crippen LogP contribution in [0.5, 0.6) is 11.5 Å². The quantitative estimate of drug-likeness (QED) is 0.673. The van der Waals surface area contributed by atoms with E-state index in [1.165, 1.54) is 26.4 Å². The molecule has 2 aromatic rings. The number of anilines is 1. The molecule has 2 aromatic carbocycles. The predicted octanol–water partition coefficient (Wildman–Crippen LogP) is 1.15. The second kappa shape index (κ2) is 8.52. The van der Waals surface area contributed by atoms with E-state index in [1.807, 2.05) is 0 Å². The van der Waals surface area contributed by atoms with Crippen LogP contribution < -0.4 is 19.9 Å². The molecule has 0 radical (unpaired) electrons. The van der Waals surface area contributed by atoms with E-state index >= 15 is 0 Å². The summed E-state index contributed by atoms with van der Waals surface area (Å²) >= 11 is 0. The summed E-state index contributed by atoms with van der Waals surface area (Å²) in [6.07, 6.45) is 0. The minimum absolute atomic E-state index is 0.0811. The van der Waals surface area contributed by atoms with Crippen molar-refractivity contribution in [3.05, 3.63) is 48.0 Å². The number of carbonyl (C=O) groups is 2. The second-order valence-corrected chi connectivity index (χ2v) is 6.79. The van der Waals surface area contributed by atoms with Crippen LogP contribution in [0.1, 0.15) is 10.4 Å². The molecule has 0 aliphatic rings. The van der Waals surface area contributed by atoms with Gasteiger partial charge in [0.15, 0.2) is 6.61 Å². The standard InChI is InChI=1S/C17H18N2O7S/c1-24-14-8-7-11(27(18,22)23)9-12(14)17(21)26-10-16(20)19-13-5-3-4-6-15(13)25-2/h3-9H,10H2,1-2H3,(H,19,20)(H2,18,22,23). The number of hydrogen-bond acceptors (Lipinski definition) is 7.